The number of rotatable bonds is 2. The fourth-order valence-corrected chi connectivity index (χ4v) is 9.68. The first-order chi connectivity index (χ1) is 24.7. The maximum atomic E-state index is 2.60. The number of nitrogens with zero attached hydrogens (tertiary/aromatic N) is 2. The topological polar surface area (TPSA) is 6.48 Å². The molecule has 0 atom stereocenters. The molecule has 1 aromatic heterocycles. The van der Waals surface area contributed by atoms with Gasteiger partial charge in [-0.05, 0) is 116 Å². The van der Waals surface area contributed by atoms with Crippen LogP contribution in [0.15, 0.2) is 97.1 Å². The summed E-state index contributed by atoms with van der Waals surface area (Å²) in [6, 6.07) is 38.1. The molecule has 270 valence electrons. The highest BCUT2D eigenvalue weighted by Crippen LogP contribution is 2.49. The van der Waals surface area contributed by atoms with Crippen molar-refractivity contribution in [3.63, 3.8) is 0 Å². The maximum Gasteiger partial charge on any atom is 0.264 e. The van der Waals surface area contributed by atoms with Crippen LogP contribution in [-0.4, -0.2) is 6.71 Å². The van der Waals surface area contributed by atoms with Crippen LogP contribution in [0.25, 0.3) is 10.1 Å². The number of aryl methyl sites for hydroxylation is 1. The zero-order chi connectivity index (χ0) is 38.0. The molecule has 0 fully saturated rings. The minimum absolute atomic E-state index is 0.0186. The minimum Gasteiger partial charge on any atom is -0.311 e. The van der Waals surface area contributed by atoms with E-state index in [0.29, 0.717) is 0 Å². The van der Waals surface area contributed by atoms with Gasteiger partial charge in [0.2, 0.25) is 0 Å². The third-order valence-corrected chi connectivity index (χ3v) is 12.7. The van der Waals surface area contributed by atoms with Crippen molar-refractivity contribution in [2.75, 3.05) is 9.80 Å². The fourth-order valence-electron chi connectivity index (χ4n) is 8.32. The molecule has 6 aromatic rings. The van der Waals surface area contributed by atoms with Crippen molar-refractivity contribution in [2.45, 2.75) is 112 Å². The molecule has 0 bridgehead atoms. The maximum absolute atomic E-state index is 2.60. The first-order valence-corrected chi connectivity index (χ1v) is 20.2. The van der Waals surface area contributed by atoms with Crippen molar-refractivity contribution in [3.05, 3.63) is 125 Å². The summed E-state index contributed by atoms with van der Waals surface area (Å²) in [4.78, 5) is 5.15. The number of fused-ring (bicyclic) bond motifs is 6. The van der Waals surface area contributed by atoms with Crippen LogP contribution in [0.3, 0.4) is 0 Å². The third-order valence-electron chi connectivity index (χ3n) is 11.5. The predicted octanol–water partition coefficient (Wildman–Crippen LogP) is 12.5. The lowest BCUT2D eigenvalue weighted by atomic mass is 9.36. The van der Waals surface area contributed by atoms with Crippen molar-refractivity contribution in [1.82, 2.24) is 0 Å². The fraction of sp³-hybridized carbons (Fsp3) is 0.347. The Balaban J connectivity index is 1.47. The Morgan fingerprint density at radius 2 is 0.925 bits per heavy atom. The zero-order valence-electron chi connectivity index (χ0n) is 34.1. The molecule has 0 unspecified atom stereocenters. The molecule has 0 spiro atoms. The van der Waals surface area contributed by atoms with E-state index >= 15 is 0 Å². The average Bonchev–Trinajstić information content (AvgIpc) is 3.45. The lowest BCUT2D eigenvalue weighted by molar-refractivity contribution is 0.590. The lowest BCUT2D eigenvalue weighted by Crippen LogP contribution is -2.60. The molecule has 0 saturated heterocycles. The molecule has 53 heavy (non-hydrogen) atoms. The highest BCUT2D eigenvalue weighted by atomic mass is 32.1. The Bertz CT molecular complexity index is 2390. The van der Waals surface area contributed by atoms with E-state index in [0.717, 1.165) is 0 Å². The summed E-state index contributed by atoms with van der Waals surface area (Å²) in [6.45, 7) is 30.1. The summed E-state index contributed by atoms with van der Waals surface area (Å²) in [5.74, 6) is 0. The molecule has 0 saturated carbocycles. The Morgan fingerprint density at radius 1 is 0.472 bits per heavy atom. The first-order valence-electron chi connectivity index (χ1n) is 19.4. The van der Waals surface area contributed by atoms with E-state index in [9.17, 15) is 0 Å². The second kappa shape index (κ2) is 11.9. The van der Waals surface area contributed by atoms with Crippen molar-refractivity contribution in [1.29, 1.82) is 0 Å². The van der Waals surface area contributed by atoms with Crippen LogP contribution >= 0.6 is 11.3 Å². The Hall–Kier alpha value is -4.28. The Kier molecular flexibility index (Phi) is 8.00. The van der Waals surface area contributed by atoms with Gasteiger partial charge < -0.3 is 9.80 Å². The largest absolute Gasteiger partial charge is 0.311 e. The molecule has 2 aliphatic heterocycles. The molecule has 0 radical (unpaired) electrons. The second-order valence-electron chi connectivity index (χ2n) is 19.7. The van der Waals surface area contributed by atoms with Gasteiger partial charge in [0.05, 0.1) is 5.69 Å². The quantitative estimate of drug-likeness (QED) is 0.165. The van der Waals surface area contributed by atoms with Crippen LogP contribution in [-0.2, 0) is 21.7 Å². The molecular formula is C49H55BN2S. The van der Waals surface area contributed by atoms with Gasteiger partial charge in [0.15, 0.2) is 0 Å². The zero-order valence-corrected chi connectivity index (χ0v) is 34.9. The number of hydrogen-bond donors (Lipinski definition) is 0. The standard InChI is InChI=1S/C49H55BN2S/c1-30-26-40-43-41(27-30)52(36-22-16-32(17-23-36)47(5,6)7)44-37-24-18-34(49(11,12)13)29-42(37)53-45(44)50(43)38-28-33(48(8,9)10)19-25-39(38)51(40)35-20-14-31(15-21-35)46(2,3)4/h14-29H,1-13H3. The molecule has 2 nitrogen and oxygen atoms in total. The minimum atomic E-state index is 0.0186. The van der Waals surface area contributed by atoms with Gasteiger partial charge in [0, 0.05) is 43.3 Å². The van der Waals surface area contributed by atoms with Crippen molar-refractivity contribution in [3.8, 4) is 0 Å². The Morgan fingerprint density at radius 3 is 1.45 bits per heavy atom. The van der Waals surface area contributed by atoms with Gasteiger partial charge in [-0.15, -0.1) is 11.3 Å². The van der Waals surface area contributed by atoms with Gasteiger partial charge in [0.25, 0.3) is 6.71 Å². The molecule has 0 amide bonds. The highest BCUT2D eigenvalue weighted by Gasteiger charge is 2.45. The molecular weight excluding hydrogens is 659 g/mol. The lowest BCUT2D eigenvalue weighted by Gasteiger charge is -2.44. The third kappa shape index (κ3) is 5.93. The van der Waals surface area contributed by atoms with E-state index in [1.807, 2.05) is 11.3 Å². The highest BCUT2D eigenvalue weighted by molar-refractivity contribution is 7.33. The van der Waals surface area contributed by atoms with Gasteiger partial charge in [-0.3, -0.25) is 0 Å². The van der Waals surface area contributed by atoms with Gasteiger partial charge in [-0.2, -0.15) is 0 Å². The van der Waals surface area contributed by atoms with Crippen LogP contribution in [0.5, 0.6) is 0 Å². The number of thiophene rings is 1. The number of hydrogen-bond acceptors (Lipinski definition) is 3. The summed E-state index contributed by atoms with van der Waals surface area (Å²) in [7, 11) is 0. The molecule has 2 aliphatic rings. The second-order valence-corrected chi connectivity index (χ2v) is 20.8. The molecule has 3 heterocycles. The monoisotopic (exact) mass is 714 g/mol. The van der Waals surface area contributed by atoms with E-state index in [4.69, 9.17) is 0 Å². The van der Waals surface area contributed by atoms with E-state index in [-0.39, 0.29) is 28.4 Å². The van der Waals surface area contributed by atoms with E-state index in [2.05, 4.69) is 197 Å². The van der Waals surface area contributed by atoms with E-state index in [1.54, 1.807) is 0 Å². The molecule has 5 aromatic carbocycles. The smallest absolute Gasteiger partial charge is 0.264 e. The first kappa shape index (κ1) is 35.7. The predicted molar refractivity (Wildman–Crippen MR) is 235 cm³/mol. The van der Waals surface area contributed by atoms with Crippen LogP contribution in [0.2, 0.25) is 0 Å². The summed E-state index contributed by atoms with van der Waals surface area (Å²) >= 11 is 2.00. The van der Waals surface area contributed by atoms with E-state index < -0.39 is 0 Å². The summed E-state index contributed by atoms with van der Waals surface area (Å²) < 4.78 is 2.79. The number of benzene rings is 5. The molecule has 4 heteroatoms. The van der Waals surface area contributed by atoms with Crippen LogP contribution in [0.4, 0.5) is 34.1 Å². The van der Waals surface area contributed by atoms with Crippen LogP contribution in [0.1, 0.15) is 111 Å². The van der Waals surface area contributed by atoms with Gasteiger partial charge >= 0.3 is 0 Å². The summed E-state index contributed by atoms with van der Waals surface area (Å²) in [5.41, 5.74) is 17.3. The SMILES string of the molecule is Cc1cc2c3c(c1)N(c1ccc(C(C)(C)C)cc1)c1c(sc4cc(C(C)(C)C)ccc14)B3c1cc(C(C)(C)C)ccc1N2c1ccc(C(C)(C)C)cc1. The molecule has 8 rings (SSSR count). The van der Waals surface area contributed by atoms with Crippen LogP contribution < -0.4 is 25.5 Å². The van der Waals surface area contributed by atoms with Crippen LogP contribution in [0, 0.1) is 6.92 Å². The van der Waals surface area contributed by atoms with Crippen molar-refractivity contribution >= 4 is 78.0 Å². The average molecular weight is 715 g/mol. The normalized spacial score (nSPS) is 14.4. The molecule has 0 N–H and O–H groups in total. The van der Waals surface area contributed by atoms with Crippen molar-refractivity contribution < 1.29 is 0 Å². The summed E-state index contributed by atoms with van der Waals surface area (Å²) in [6.07, 6.45) is 0. The van der Waals surface area contributed by atoms with Crippen molar-refractivity contribution in [2.24, 2.45) is 0 Å². The van der Waals surface area contributed by atoms with Gasteiger partial charge in [0.1, 0.15) is 0 Å². The Labute approximate surface area is 323 Å². The van der Waals surface area contributed by atoms with E-state index in [1.165, 1.54) is 87.7 Å². The van der Waals surface area contributed by atoms with Gasteiger partial charge in [-0.1, -0.05) is 132 Å². The molecule has 0 aliphatic carbocycles. The summed E-state index contributed by atoms with van der Waals surface area (Å²) in [5, 5.41) is 1.33. The number of anilines is 6. The van der Waals surface area contributed by atoms with Gasteiger partial charge in [-0.25, -0.2) is 0 Å².